The van der Waals surface area contributed by atoms with Crippen LogP contribution in [0.1, 0.15) is 17.3 Å². The van der Waals surface area contributed by atoms with Crippen LogP contribution in [0, 0.1) is 17.7 Å². The fourth-order valence-corrected chi connectivity index (χ4v) is 2.54. The van der Waals surface area contributed by atoms with Gasteiger partial charge >= 0.3 is 5.97 Å². The predicted octanol–water partition coefficient (Wildman–Crippen LogP) is 2.27. The number of rotatable bonds is 2. The number of carbonyl (C=O) groups excluding carboxylic acids is 1. The van der Waals surface area contributed by atoms with Crippen LogP contribution in [-0.2, 0) is 4.79 Å². The molecule has 0 radical (unpaired) electrons. The zero-order chi connectivity index (χ0) is 14.2. The third-order valence-corrected chi connectivity index (χ3v) is 3.69. The third-order valence-electron chi connectivity index (χ3n) is 3.38. The van der Waals surface area contributed by atoms with Crippen molar-refractivity contribution in [3.8, 4) is 0 Å². The molecule has 4 nitrogen and oxygen atoms in total. The third kappa shape index (κ3) is 2.71. The normalized spacial score (nSPS) is 22.6. The van der Waals surface area contributed by atoms with E-state index in [0.29, 0.717) is 6.54 Å². The Labute approximate surface area is 114 Å². The number of carboxylic acids is 1. The van der Waals surface area contributed by atoms with Gasteiger partial charge in [0.2, 0.25) is 0 Å². The number of halogens is 2. The van der Waals surface area contributed by atoms with Gasteiger partial charge in [-0.3, -0.25) is 9.59 Å². The second-order valence-corrected chi connectivity index (χ2v) is 5.16. The number of benzene rings is 1. The summed E-state index contributed by atoms with van der Waals surface area (Å²) < 4.78 is 12.9. The molecule has 1 heterocycles. The van der Waals surface area contributed by atoms with Gasteiger partial charge in [-0.1, -0.05) is 18.5 Å². The van der Waals surface area contributed by atoms with Crippen LogP contribution in [0.3, 0.4) is 0 Å². The molecule has 102 valence electrons. The highest BCUT2D eigenvalue weighted by Gasteiger charge is 2.37. The minimum Gasteiger partial charge on any atom is -0.481 e. The van der Waals surface area contributed by atoms with Gasteiger partial charge in [0.05, 0.1) is 16.5 Å². The molecule has 1 aromatic rings. The van der Waals surface area contributed by atoms with Crippen molar-refractivity contribution in [1.29, 1.82) is 0 Å². The molecule has 1 saturated heterocycles. The zero-order valence-corrected chi connectivity index (χ0v) is 11.0. The number of aliphatic carboxylic acids is 1. The Morgan fingerprint density at radius 2 is 2.11 bits per heavy atom. The van der Waals surface area contributed by atoms with Crippen LogP contribution in [-0.4, -0.2) is 35.0 Å². The molecule has 1 aliphatic heterocycles. The first-order valence-corrected chi connectivity index (χ1v) is 6.25. The van der Waals surface area contributed by atoms with Crippen molar-refractivity contribution in [2.45, 2.75) is 6.92 Å². The van der Waals surface area contributed by atoms with Crippen molar-refractivity contribution >= 4 is 23.5 Å². The van der Waals surface area contributed by atoms with Gasteiger partial charge in [0.15, 0.2) is 0 Å². The number of carbonyl (C=O) groups is 2. The van der Waals surface area contributed by atoms with E-state index < -0.39 is 17.7 Å². The van der Waals surface area contributed by atoms with Gasteiger partial charge in [-0.2, -0.15) is 0 Å². The van der Waals surface area contributed by atoms with Crippen LogP contribution >= 0.6 is 11.6 Å². The molecule has 19 heavy (non-hydrogen) atoms. The molecule has 1 fully saturated rings. The molecule has 2 rings (SSSR count). The first kappa shape index (κ1) is 13.8. The Morgan fingerprint density at radius 1 is 1.42 bits per heavy atom. The molecule has 1 aromatic carbocycles. The zero-order valence-electron chi connectivity index (χ0n) is 10.3. The second-order valence-electron chi connectivity index (χ2n) is 4.76. The van der Waals surface area contributed by atoms with Crippen molar-refractivity contribution in [2.24, 2.45) is 11.8 Å². The van der Waals surface area contributed by atoms with E-state index in [4.69, 9.17) is 16.7 Å². The van der Waals surface area contributed by atoms with Crippen molar-refractivity contribution in [3.05, 3.63) is 34.6 Å². The summed E-state index contributed by atoms with van der Waals surface area (Å²) in [7, 11) is 0. The van der Waals surface area contributed by atoms with E-state index in [1.807, 2.05) is 0 Å². The highest BCUT2D eigenvalue weighted by molar-refractivity contribution is 6.33. The van der Waals surface area contributed by atoms with E-state index in [9.17, 15) is 14.0 Å². The predicted molar refractivity (Wildman–Crippen MR) is 67.6 cm³/mol. The Balaban J connectivity index is 2.19. The number of hydrogen-bond acceptors (Lipinski definition) is 2. The summed E-state index contributed by atoms with van der Waals surface area (Å²) in [6, 6.07) is 3.55. The fraction of sp³-hybridized carbons (Fsp3) is 0.385. The van der Waals surface area contributed by atoms with Gasteiger partial charge in [-0.25, -0.2) is 4.39 Å². The largest absolute Gasteiger partial charge is 0.481 e. The molecule has 2 atom stereocenters. The number of hydrogen-bond donors (Lipinski definition) is 1. The first-order chi connectivity index (χ1) is 8.90. The molecular weight excluding hydrogens is 273 g/mol. The lowest BCUT2D eigenvalue weighted by molar-refractivity contribution is -0.142. The second kappa shape index (κ2) is 5.17. The lowest BCUT2D eigenvalue weighted by Gasteiger charge is -2.16. The van der Waals surface area contributed by atoms with Crippen LogP contribution in [0.2, 0.25) is 5.02 Å². The SMILES string of the molecule is CC1CN(C(=O)c2ccc(F)cc2Cl)CC1C(=O)O. The topological polar surface area (TPSA) is 57.6 Å². The molecule has 1 aliphatic rings. The molecule has 0 aromatic heterocycles. The summed E-state index contributed by atoms with van der Waals surface area (Å²) >= 11 is 5.83. The average molecular weight is 286 g/mol. The molecule has 0 spiro atoms. The molecule has 0 saturated carbocycles. The summed E-state index contributed by atoms with van der Waals surface area (Å²) in [4.78, 5) is 24.7. The van der Waals surface area contributed by atoms with Gasteiger partial charge in [-0.05, 0) is 24.1 Å². The monoisotopic (exact) mass is 285 g/mol. The number of likely N-dealkylation sites (tertiary alicyclic amines) is 1. The fourth-order valence-electron chi connectivity index (χ4n) is 2.29. The van der Waals surface area contributed by atoms with Crippen molar-refractivity contribution in [2.75, 3.05) is 13.1 Å². The van der Waals surface area contributed by atoms with Gasteiger partial charge in [0.25, 0.3) is 5.91 Å². The van der Waals surface area contributed by atoms with Crippen LogP contribution in [0.15, 0.2) is 18.2 Å². The summed E-state index contributed by atoms with van der Waals surface area (Å²) in [6.45, 7) is 2.31. The van der Waals surface area contributed by atoms with E-state index in [2.05, 4.69) is 0 Å². The molecule has 1 N–H and O–H groups in total. The minimum atomic E-state index is -0.909. The Hall–Kier alpha value is -1.62. The van der Waals surface area contributed by atoms with Gasteiger partial charge < -0.3 is 10.0 Å². The highest BCUT2D eigenvalue weighted by atomic mass is 35.5. The lowest BCUT2D eigenvalue weighted by Crippen LogP contribution is -2.30. The van der Waals surface area contributed by atoms with Crippen molar-refractivity contribution in [1.82, 2.24) is 4.90 Å². The van der Waals surface area contributed by atoms with Gasteiger partial charge in [0.1, 0.15) is 5.82 Å². The van der Waals surface area contributed by atoms with E-state index >= 15 is 0 Å². The maximum absolute atomic E-state index is 12.9. The average Bonchev–Trinajstić information content (AvgIpc) is 2.70. The quantitative estimate of drug-likeness (QED) is 0.907. The molecule has 6 heteroatoms. The van der Waals surface area contributed by atoms with E-state index in [1.165, 1.54) is 11.0 Å². The van der Waals surface area contributed by atoms with Crippen LogP contribution in [0.4, 0.5) is 4.39 Å². The van der Waals surface area contributed by atoms with E-state index in [1.54, 1.807) is 6.92 Å². The summed E-state index contributed by atoms with van der Waals surface area (Å²) in [5.41, 5.74) is 0.196. The summed E-state index contributed by atoms with van der Waals surface area (Å²) in [6.07, 6.45) is 0. The van der Waals surface area contributed by atoms with Crippen LogP contribution in [0.25, 0.3) is 0 Å². The van der Waals surface area contributed by atoms with Crippen molar-refractivity contribution in [3.63, 3.8) is 0 Å². The maximum atomic E-state index is 12.9. The Kier molecular flexibility index (Phi) is 3.75. The summed E-state index contributed by atoms with van der Waals surface area (Å²) in [5.74, 6) is -2.46. The highest BCUT2D eigenvalue weighted by Crippen LogP contribution is 2.27. The maximum Gasteiger partial charge on any atom is 0.308 e. The molecule has 2 unspecified atom stereocenters. The first-order valence-electron chi connectivity index (χ1n) is 5.87. The van der Waals surface area contributed by atoms with Crippen LogP contribution in [0.5, 0.6) is 0 Å². The number of nitrogens with zero attached hydrogens (tertiary/aromatic N) is 1. The number of amides is 1. The van der Waals surface area contributed by atoms with Gasteiger partial charge in [-0.15, -0.1) is 0 Å². The minimum absolute atomic E-state index is 0.0384. The van der Waals surface area contributed by atoms with E-state index in [0.717, 1.165) is 12.1 Å². The van der Waals surface area contributed by atoms with Crippen LogP contribution < -0.4 is 0 Å². The Bertz CT molecular complexity index is 535. The summed E-state index contributed by atoms with van der Waals surface area (Å²) in [5, 5.41) is 9.07. The standard InChI is InChI=1S/C13H13ClFNO3/c1-7-5-16(6-10(7)13(18)19)12(17)9-3-2-8(15)4-11(9)14/h2-4,7,10H,5-6H2,1H3,(H,18,19). The smallest absolute Gasteiger partial charge is 0.308 e. The molecule has 1 amide bonds. The molecule has 0 aliphatic carbocycles. The molecular formula is C13H13ClFNO3. The number of carboxylic acid groups (broad SMARTS) is 1. The molecule has 0 bridgehead atoms. The Morgan fingerprint density at radius 3 is 2.63 bits per heavy atom. The van der Waals surface area contributed by atoms with E-state index in [-0.39, 0.29) is 29.0 Å². The van der Waals surface area contributed by atoms with Crippen molar-refractivity contribution < 1.29 is 19.1 Å². The lowest BCUT2D eigenvalue weighted by atomic mass is 9.99. The van der Waals surface area contributed by atoms with Gasteiger partial charge in [0, 0.05) is 13.1 Å².